The molecule has 3 nitrogen and oxygen atoms in total. The van der Waals surface area contributed by atoms with Gasteiger partial charge in [-0.25, -0.2) is 4.79 Å². The number of hydrogen-bond donors (Lipinski definition) is 1. The molecule has 0 saturated heterocycles. The van der Waals surface area contributed by atoms with Gasteiger partial charge in [-0.3, -0.25) is 4.72 Å². The lowest BCUT2D eigenvalue weighted by molar-refractivity contribution is 0.151. The number of unbranched alkanes of at least 4 members (excludes halogenated alkanes) is 4. The summed E-state index contributed by atoms with van der Waals surface area (Å²) < 4.78 is 7.65. The maximum Gasteiger partial charge on any atom is 0.417 e. The fourth-order valence-electron chi connectivity index (χ4n) is 1.08. The molecule has 0 spiro atoms. The zero-order valence-electron chi connectivity index (χ0n) is 9.88. The van der Waals surface area contributed by atoms with Gasteiger partial charge in [-0.2, -0.15) is 0 Å². The van der Waals surface area contributed by atoms with Crippen LogP contribution in [0.15, 0.2) is 0 Å². The van der Waals surface area contributed by atoms with Crippen LogP contribution in [0.25, 0.3) is 0 Å². The average molecular weight is 233 g/mol. The van der Waals surface area contributed by atoms with Gasteiger partial charge in [0.2, 0.25) is 0 Å². The lowest BCUT2D eigenvalue weighted by atomic mass is 10.3. The first-order valence-corrected chi connectivity index (χ1v) is 6.84. The van der Waals surface area contributed by atoms with Crippen LogP contribution in [0.4, 0.5) is 4.79 Å². The Labute approximate surface area is 97.5 Å². The molecule has 0 atom stereocenters. The summed E-state index contributed by atoms with van der Waals surface area (Å²) in [5.74, 6) is 0.970. The Bertz CT molecular complexity index is 154. The number of carbonyl (C=O) groups is 1. The van der Waals surface area contributed by atoms with Crippen molar-refractivity contribution in [1.82, 2.24) is 4.72 Å². The van der Waals surface area contributed by atoms with Gasteiger partial charge in [0, 0.05) is 5.75 Å². The Balaban J connectivity index is 3.11. The molecule has 4 heteroatoms. The zero-order chi connectivity index (χ0) is 11.4. The van der Waals surface area contributed by atoms with Gasteiger partial charge in [-0.1, -0.05) is 39.5 Å². The Kier molecular flexibility index (Phi) is 11.4. The van der Waals surface area contributed by atoms with Gasteiger partial charge in [0.1, 0.15) is 0 Å². The molecule has 0 rings (SSSR count). The van der Waals surface area contributed by atoms with Gasteiger partial charge in [0.25, 0.3) is 0 Å². The van der Waals surface area contributed by atoms with Crippen LogP contribution in [0.1, 0.15) is 52.4 Å². The second-order valence-electron chi connectivity index (χ2n) is 3.50. The molecule has 0 aromatic heterocycles. The molecule has 0 aliphatic rings. The molecule has 1 N–H and O–H groups in total. The number of carbonyl (C=O) groups excluding carboxylic acids is 1. The third-order valence-corrected chi connectivity index (χ3v) is 2.79. The summed E-state index contributed by atoms with van der Waals surface area (Å²) in [6.07, 6.45) is 6.52. The maximum absolute atomic E-state index is 11.1. The van der Waals surface area contributed by atoms with E-state index in [1.54, 1.807) is 0 Å². The molecule has 0 aromatic rings. The van der Waals surface area contributed by atoms with E-state index in [4.69, 9.17) is 4.74 Å². The largest absolute Gasteiger partial charge is 0.449 e. The highest BCUT2D eigenvalue weighted by atomic mass is 32.2. The molecule has 90 valence electrons. The Hall–Kier alpha value is -0.380. The van der Waals surface area contributed by atoms with E-state index in [1.807, 2.05) is 0 Å². The number of amides is 1. The summed E-state index contributed by atoms with van der Waals surface area (Å²) in [5.41, 5.74) is 0. The lowest BCUT2D eigenvalue weighted by Crippen LogP contribution is -2.18. The monoisotopic (exact) mass is 233 g/mol. The molecule has 0 radical (unpaired) electrons. The zero-order valence-corrected chi connectivity index (χ0v) is 10.7. The predicted molar refractivity (Wildman–Crippen MR) is 66.0 cm³/mol. The van der Waals surface area contributed by atoms with E-state index in [9.17, 15) is 4.79 Å². The molecular formula is C11H23NO2S. The van der Waals surface area contributed by atoms with Crippen molar-refractivity contribution in [2.45, 2.75) is 52.4 Å². The highest BCUT2D eigenvalue weighted by Crippen LogP contribution is 2.02. The minimum Gasteiger partial charge on any atom is -0.449 e. The molecule has 0 unspecified atom stereocenters. The van der Waals surface area contributed by atoms with Crippen LogP contribution in [-0.2, 0) is 4.74 Å². The van der Waals surface area contributed by atoms with E-state index < -0.39 is 0 Å². The van der Waals surface area contributed by atoms with Gasteiger partial charge >= 0.3 is 6.09 Å². The van der Waals surface area contributed by atoms with Crippen LogP contribution < -0.4 is 4.72 Å². The van der Waals surface area contributed by atoms with Crippen LogP contribution >= 0.6 is 11.9 Å². The molecule has 0 bridgehead atoms. The summed E-state index contributed by atoms with van der Waals surface area (Å²) in [5, 5.41) is 0. The van der Waals surface area contributed by atoms with Crippen molar-refractivity contribution in [2.24, 2.45) is 0 Å². The summed E-state index contributed by atoms with van der Waals surface area (Å²) >= 11 is 1.44. The minimum absolute atomic E-state index is 0.299. The van der Waals surface area contributed by atoms with E-state index in [-0.39, 0.29) is 6.09 Å². The van der Waals surface area contributed by atoms with Crippen molar-refractivity contribution in [2.75, 3.05) is 12.4 Å². The van der Waals surface area contributed by atoms with Crippen molar-refractivity contribution >= 4 is 18.0 Å². The first kappa shape index (κ1) is 14.6. The molecule has 0 aliphatic carbocycles. The van der Waals surface area contributed by atoms with Crippen molar-refractivity contribution in [3.63, 3.8) is 0 Å². The van der Waals surface area contributed by atoms with Crippen LogP contribution in [0.5, 0.6) is 0 Å². The molecule has 1 amide bonds. The molecule has 0 saturated carbocycles. The quantitative estimate of drug-likeness (QED) is 0.487. The summed E-state index contributed by atoms with van der Waals surface area (Å²) in [7, 11) is 0. The Morgan fingerprint density at radius 1 is 1.13 bits per heavy atom. The summed E-state index contributed by atoms with van der Waals surface area (Å²) in [4.78, 5) is 11.1. The number of nitrogens with one attached hydrogen (secondary N) is 1. The van der Waals surface area contributed by atoms with Crippen molar-refractivity contribution in [1.29, 1.82) is 0 Å². The fraction of sp³-hybridized carbons (Fsp3) is 0.909. The topological polar surface area (TPSA) is 38.3 Å². The van der Waals surface area contributed by atoms with Gasteiger partial charge < -0.3 is 4.74 Å². The van der Waals surface area contributed by atoms with Gasteiger partial charge in [-0.15, -0.1) is 0 Å². The standard InChI is InChI=1S/C11H23NO2S/c1-3-5-7-9-14-11(13)12-15-10-8-6-4-2/h3-10H2,1-2H3,(H,12,13). The van der Waals surface area contributed by atoms with Gasteiger partial charge in [-0.05, 0) is 24.8 Å². The Morgan fingerprint density at radius 2 is 1.80 bits per heavy atom. The minimum atomic E-state index is -0.299. The van der Waals surface area contributed by atoms with Crippen LogP contribution in [0, 0.1) is 0 Å². The summed E-state index contributed by atoms with van der Waals surface area (Å²) in [6, 6.07) is 0. The highest BCUT2D eigenvalue weighted by molar-refractivity contribution is 7.97. The number of rotatable bonds is 9. The van der Waals surface area contributed by atoms with Crippen LogP contribution in [-0.4, -0.2) is 18.5 Å². The van der Waals surface area contributed by atoms with Crippen LogP contribution in [0.2, 0.25) is 0 Å². The van der Waals surface area contributed by atoms with E-state index in [0.29, 0.717) is 6.61 Å². The summed E-state index contributed by atoms with van der Waals surface area (Å²) in [6.45, 7) is 4.83. The number of ether oxygens (including phenoxy) is 1. The smallest absolute Gasteiger partial charge is 0.417 e. The molecular weight excluding hydrogens is 210 g/mol. The molecule has 15 heavy (non-hydrogen) atoms. The van der Waals surface area contributed by atoms with E-state index in [2.05, 4.69) is 18.6 Å². The van der Waals surface area contributed by atoms with Crippen molar-refractivity contribution < 1.29 is 9.53 Å². The lowest BCUT2D eigenvalue weighted by Gasteiger charge is -2.05. The first-order chi connectivity index (χ1) is 7.31. The second-order valence-corrected chi connectivity index (χ2v) is 4.40. The maximum atomic E-state index is 11.1. The predicted octanol–water partition coefficient (Wildman–Crippen LogP) is 3.74. The van der Waals surface area contributed by atoms with Gasteiger partial charge in [0.15, 0.2) is 0 Å². The Morgan fingerprint density at radius 3 is 2.47 bits per heavy atom. The first-order valence-electron chi connectivity index (χ1n) is 5.85. The van der Waals surface area contributed by atoms with Crippen molar-refractivity contribution in [3.8, 4) is 0 Å². The van der Waals surface area contributed by atoms with E-state index in [0.717, 1.165) is 31.4 Å². The van der Waals surface area contributed by atoms with Crippen molar-refractivity contribution in [3.05, 3.63) is 0 Å². The normalized spacial score (nSPS) is 10.0. The molecule has 0 aliphatic heterocycles. The van der Waals surface area contributed by atoms with E-state index >= 15 is 0 Å². The van der Waals surface area contributed by atoms with E-state index in [1.165, 1.54) is 24.8 Å². The van der Waals surface area contributed by atoms with Gasteiger partial charge in [0.05, 0.1) is 6.61 Å². The number of hydrogen-bond acceptors (Lipinski definition) is 3. The highest BCUT2D eigenvalue weighted by Gasteiger charge is 2.00. The molecule has 0 fully saturated rings. The third-order valence-electron chi connectivity index (χ3n) is 1.99. The fourth-order valence-corrected chi connectivity index (χ4v) is 1.71. The second kappa shape index (κ2) is 11.7. The van der Waals surface area contributed by atoms with Crippen LogP contribution in [0.3, 0.4) is 0 Å². The third kappa shape index (κ3) is 11.5. The SMILES string of the molecule is CCCCCOC(=O)NSCCCCC. The molecule has 0 aromatic carbocycles. The molecule has 0 heterocycles. The average Bonchev–Trinajstić information content (AvgIpc) is 2.24.